The number of hydrazine groups is 1. The summed E-state index contributed by atoms with van der Waals surface area (Å²) in [6, 6.07) is 9.84. The molecule has 12 heteroatoms. The standard InChI is InChI=1S/C15H11ClN8O3/c16-11-4-2-1-3-10(11)15(25)22-21-13-12(24(26)27)14(20-9-19-13)23(7-5-17)8-6-18/h1-4,9H,7-8H2,(H,22,25)(H,19,20,21). The summed E-state index contributed by atoms with van der Waals surface area (Å²) >= 11 is 5.93. The summed E-state index contributed by atoms with van der Waals surface area (Å²) < 4.78 is 0. The molecule has 27 heavy (non-hydrogen) atoms. The highest BCUT2D eigenvalue weighted by Crippen LogP contribution is 2.31. The number of carbonyl (C=O) groups is 1. The SMILES string of the molecule is N#CCN(CC#N)c1ncnc(NNC(=O)c2ccccc2Cl)c1[N+](=O)[O-]. The largest absolute Gasteiger partial charge is 0.355 e. The van der Waals surface area contributed by atoms with Gasteiger partial charge in [-0.2, -0.15) is 10.5 Å². The number of nitrogens with zero attached hydrogens (tertiary/aromatic N) is 6. The Balaban J connectivity index is 2.32. The molecule has 1 aromatic heterocycles. The van der Waals surface area contributed by atoms with Crippen LogP contribution in [-0.4, -0.2) is 33.9 Å². The van der Waals surface area contributed by atoms with Gasteiger partial charge < -0.3 is 4.90 Å². The maximum absolute atomic E-state index is 12.2. The van der Waals surface area contributed by atoms with E-state index in [1.54, 1.807) is 24.3 Å². The van der Waals surface area contributed by atoms with Crippen LogP contribution in [0.4, 0.5) is 17.3 Å². The third-order valence-electron chi connectivity index (χ3n) is 3.22. The lowest BCUT2D eigenvalue weighted by Gasteiger charge is -2.17. The quantitative estimate of drug-likeness (QED) is 0.409. The molecule has 0 bridgehead atoms. The number of nitrogens with one attached hydrogen (secondary N) is 2. The van der Waals surface area contributed by atoms with Gasteiger partial charge in [-0.05, 0) is 12.1 Å². The van der Waals surface area contributed by atoms with Crippen LogP contribution in [0.5, 0.6) is 0 Å². The number of carbonyl (C=O) groups excluding carboxylic acids is 1. The molecule has 0 aliphatic rings. The third kappa shape index (κ3) is 4.56. The van der Waals surface area contributed by atoms with E-state index in [0.29, 0.717) is 0 Å². The minimum Gasteiger partial charge on any atom is -0.324 e. The molecule has 0 aliphatic carbocycles. The number of hydrogen-bond donors (Lipinski definition) is 2. The zero-order valence-corrected chi connectivity index (χ0v) is 14.3. The van der Waals surface area contributed by atoms with Crippen molar-refractivity contribution < 1.29 is 9.72 Å². The first-order valence-electron chi connectivity index (χ1n) is 7.28. The fraction of sp³-hybridized carbons (Fsp3) is 0.133. The first-order valence-corrected chi connectivity index (χ1v) is 7.66. The Kier molecular flexibility index (Phi) is 6.41. The molecule has 0 radical (unpaired) electrons. The van der Waals surface area contributed by atoms with Crippen molar-refractivity contribution in [2.45, 2.75) is 0 Å². The van der Waals surface area contributed by atoms with Crippen molar-refractivity contribution in [3.8, 4) is 12.1 Å². The molecule has 0 saturated carbocycles. The Morgan fingerprint density at radius 2 is 1.93 bits per heavy atom. The van der Waals surface area contributed by atoms with Crippen LogP contribution in [0, 0.1) is 32.8 Å². The van der Waals surface area contributed by atoms with Crippen molar-refractivity contribution in [2.75, 3.05) is 23.4 Å². The van der Waals surface area contributed by atoms with Crippen LogP contribution >= 0.6 is 11.6 Å². The minimum atomic E-state index is -0.777. The second-order valence-electron chi connectivity index (χ2n) is 4.88. The van der Waals surface area contributed by atoms with E-state index < -0.39 is 16.5 Å². The first kappa shape index (κ1) is 19.4. The van der Waals surface area contributed by atoms with E-state index in [9.17, 15) is 14.9 Å². The number of nitriles is 2. The highest BCUT2D eigenvalue weighted by atomic mass is 35.5. The molecule has 0 saturated heterocycles. The van der Waals surface area contributed by atoms with Crippen LogP contribution in [0.2, 0.25) is 5.02 Å². The molecule has 0 spiro atoms. The lowest BCUT2D eigenvalue weighted by atomic mass is 10.2. The number of benzene rings is 1. The zero-order chi connectivity index (χ0) is 19.8. The van der Waals surface area contributed by atoms with Crippen LogP contribution in [0.3, 0.4) is 0 Å². The molecule has 0 fully saturated rings. The number of halogens is 1. The normalized spacial score (nSPS) is 9.59. The van der Waals surface area contributed by atoms with Crippen LogP contribution in [0.15, 0.2) is 30.6 Å². The van der Waals surface area contributed by atoms with Crippen LogP contribution in [-0.2, 0) is 0 Å². The Hall–Kier alpha value is -3.96. The van der Waals surface area contributed by atoms with Gasteiger partial charge >= 0.3 is 5.69 Å². The molecule has 1 amide bonds. The second kappa shape index (κ2) is 8.94. The molecule has 11 nitrogen and oxygen atoms in total. The zero-order valence-electron chi connectivity index (χ0n) is 13.6. The molecule has 0 unspecified atom stereocenters. The fourth-order valence-corrected chi connectivity index (χ4v) is 2.29. The van der Waals surface area contributed by atoms with Crippen LogP contribution in [0.1, 0.15) is 10.4 Å². The summed E-state index contributed by atoms with van der Waals surface area (Å²) in [6.07, 6.45) is 1.01. The number of nitro groups is 1. The summed E-state index contributed by atoms with van der Waals surface area (Å²) in [5.74, 6) is -1.18. The van der Waals surface area contributed by atoms with Gasteiger partial charge in [0.15, 0.2) is 0 Å². The molecular formula is C15H11ClN8O3. The smallest absolute Gasteiger partial charge is 0.324 e. The average molecular weight is 387 g/mol. The number of aromatic nitrogens is 2. The predicted molar refractivity (Wildman–Crippen MR) is 94.7 cm³/mol. The Labute approximate surface area is 157 Å². The van der Waals surface area contributed by atoms with Gasteiger partial charge in [0.05, 0.1) is 27.6 Å². The third-order valence-corrected chi connectivity index (χ3v) is 3.55. The molecular weight excluding hydrogens is 376 g/mol. The lowest BCUT2D eigenvalue weighted by Crippen LogP contribution is -2.31. The Bertz CT molecular complexity index is 937. The van der Waals surface area contributed by atoms with Crippen LogP contribution in [0.25, 0.3) is 0 Å². The van der Waals surface area contributed by atoms with Gasteiger partial charge in [-0.15, -0.1) is 0 Å². The topological polar surface area (TPSA) is 161 Å². The molecule has 2 aromatic rings. The summed E-state index contributed by atoms with van der Waals surface area (Å²) in [6.45, 7) is -0.590. The van der Waals surface area contributed by atoms with Crippen LogP contribution < -0.4 is 15.8 Å². The summed E-state index contributed by atoms with van der Waals surface area (Å²) in [7, 11) is 0. The predicted octanol–water partition coefficient (Wildman–Crippen LogP) is 1.65. The van der Waals surface area contributed by atoms with E-state index in [-0.39, 0.29) is 35.3 Å². The van der Waals surface area contributed by atoms with Gasteiger partial charge in [0.2, 0.25) is 11.6 Å². The molecule has 136 valence electrons. The molecule has 1 aromatic carbocycles. The minimum absolute atomic E-state index is 0.152. The average Bonchev–Trinajstić information content (AvgIpc) is 2.65. The number of rotatable bonds is 7. The van der Waals surface area contributed by atoms with Gasteiger partial charge in [-0.1, -0.05) is 23.7 Å². The van der Waals surface area contributed by atoms with E-state index in [0.717, 1.165) is 11.2 Å². The van der Waals surface area contributed by atoms with Gasteiger partial charge in [0.1, 0.15) is 19.4 Å². The Morgan fingerprint density at radius 3 is 2.52 bits per heavy atom. The molecule has 0 atom stereocenters. The Morgan fingerprint density at radius 1 is 1.26 bits per heavy atom. The van der Waals surface area contributed by atoms with Crippen molar-refractivity contribution in [1.29, 1.82) is 10.5 Å². The van der Waals surface area contributed by atoms with E-state index in [4.69, 9.17) is 22.1 Å². The molecule has 2 N–H and O–H groups in total. The van der Waals surface area contributed by atoms with Gasteiger partial charge in [-0.25, -0.2) is 9.97 Å². The van der Waals surface area contributed by atoms with Gasteiger partial charge in [-0.3, -0.25) is 25.8 Å². The van der Waals surface area contributed by atoms with E-state index in [1.165, 1.54) is 12.1 Å². The van der Waals surface area contributed by atoms with Crippen molar-refractivity contribution in [2.24, 2.45) is 0 Å². The van der Waals surface area contributed by atoms with E-state index in [1.807, 2.05) is 0 Å². The highest BCUT2D eigenvalue weighted by molar-refractivity contribution is 6.33. The summed E-state index contributed by atoms with van der Waals surface area (Å²) in [5, 5.41) is 29.4. The molecule has 1 heterocycles. The van der Waals surface area contributed by atoms with Crippen molar-refractivity contribution in [3.63, 3.8) is 0 Å². The number of hydrogen-bond acceptors (Lipinski definition) is 9. The summed E-state index contributed by atoms with van der Waals surface area (Å²) in [5.41, 5.74) is 4.18. The van der Waals surface area contributed by atoms with E-state index in [2.05, 4.69) is 20.8 Å². The van der Waals surface area contributed by atoms with Crippen molar-refractivity contribution in [3.05, 3.63) is 51.3 Å². The first-order chi connectivity index (χ1) is 13.0. The van der Waals surface area contributed by atoms with Gasteiger partial charge in [0, 0.05) is 0 Å². The fourth-order valence-electron chi connectivity index (χ4n) is 2.07. The maximum Gasteiger partial charge on any atom is 0.355 e. The monoisotopic (exact) mass is 386 g/mol. The van der Waals surface area contributed by atoms with Gasteiger partial charge in [0.25, 0.3) is 5.91 Å². The molecule has 2 rings (SSSR count). The van der Waals surface area contributed by atoms with Crippen molar-refractivity contribution in [1.82, 2.24) is 15.4 Å². The van der Waals surface area contributed by atoms with Crippen molar-refractivity contribution >= 4 is 34.8 Å². The van der Waals surface area contributed by atoms with E-state index >= 15 is 0 Å². The molecule has 0 aliphatic heterocycles. The maximum atomic E-state index is 12.2. The highest BCUT2D eigenvalue weighted by Gasteiger charge is 2.27. The number of amides is 1. The second-order valence-corrected chi connectivity index (χ2v) is 5.29. The lowest BCUT2D eigenvalue weighted by molar-refractivity contribution is -0.383. The summed E-state index contributed by atoms with van der Waals surface area (Å²) in [4.78, 5) is 31.5. The number of anilines is 2.